The Morgan fingerprint density at radius 1 is 1.00 bits per heavy atom. The van der Waals surface area contributed by atoms with Crippen LogP contribution in [0.4, 0.5) is 0 Å². The number of rotatable bonds is 5. The highest BCUT2D eigenvalue weighted by Gasteiger charge is 2.57. The average molecular weight is 378 g/mol. The Morgan fingerprint density at radius 2 is 1.63 bits per heavy atom. The molecule has 0 unspecified atom stereocenters. The van der Waals surface area contributed by atoms with Crippen molar-refractivity contribution in [1.82, 2.24) is 0 Å². The summed E-state index contributed by atoms with van der Waals surface area (Å²) in [5.74, 6) is -1.77. The zero-order valence-electron chi connectivity index (χ0n) is 16.0. The monoisotopic (exact) mass is 378 g/mol. The second kappa shape index (κ2) is 7.96. The minimum atomic E-state index is -0.854. The van der Waals surface area contributed by atoms with Crippen molar-refractivity contribution in [2.24, 2.45) is 0 Å². The summed E-state index contributed by atoms with van der Waals surface area (Å²) in [5, 5.41) is 0. The van der Waals surface area contributed by atoms with Gasteiger partial charge in [-0.15, -0.1) is 0 Å². The van der Waals surface area contributed by atoms with Crippen LogP contribution in [0, 0.1) is 0 Å². The highest BCUT2D eigenvalue weighted by molar-refractivity contribution is 5.67. The molecule has 27 heavy (non-hydrogen) atoms. The molecule has 5 atom stereocenters. The van der Waals surface area contributed by atoms with E-state index in [0.29, 0.717) is 13.0 Å². The molecule has 0 aromatic heterocycles. The van der Waals surface area contributed by atoms with E-state index >= 15 is 0 Å². The predicted molar refractivity (Wildman–Crippen MR) is 94.6 cm³/mol. The third-order valence-electron chi connectivity index (χ3n) is 4.61. The second-order valence-corrected chi connectivity index (χ2v) is 7.36. The van der Waals surface area contributed by atoms with Gasteiger partial charge in [0.15, 0.2) is 11.9 Å². The minimum absolute atomic E-state index is 0.352. The van der Waals surface area contributed by atoms with Crippen LogP contribution in [-0.2, 0) is 39.9 Å². The van der Waals surface area contributed by atoms with E-state index in [1.54, 1.807) is 13.8 Å². The summed E-state index contributed by atoms with van der Waals surface area (Å²) >= 11 is 0. The summed E-state index contributed by atoms with van der Waals surface area (Å²) in [4.78, 5) is 23.2. The highest BCUT2D eigenvalue weighted by Crippen LogP contribution is 2.40. The number of carbonyl (C=O) groups excluding carboxylic acids is 2. The Hall–Kier alpha value is -1.96. The fraction of sp³-hybridized carbons (Fsp3) is 0.600. The first-order valence-electron chi connectivity index (χ1n) is 9.11. The molecule has 0 spiro atoms. The van der Waals surface area contributed by atoms with Crippen LogP contribution < -0.4 is 0 Å². The first kappa shape index (κ1) is 19.8. The molecule has 0 radical (unpaired) electrons. The van der Waals surface area contributed by atoms with E-state index in [2.05, 4.69) is 0 Å². The third kappa shape index (κ3) is 4.86. The van der Waals surface area contributed by atoms with Crippen molar-refractivity contribution in [3.63, 3.8) is 0 Å². The molecule has 3 rings (SSSR count). The highest BCUT2D eigenvalue weighted by atomic mass is 16.8. The zero-order chi connectivity index (χ0) is 19.6. The summed E-state index contributed by atoms with van der Waals surface area (Å²) < 4.78 is 29.0. The van der Waals surface area contributed by atoms with Crippen molar-refractivity contribution in [2.75, 3.05) is 0 Å². The fourth-order valence-corrected chi connectivity index (χ4v) is 3.67. The number of fused-ring (bicyclic) bond motifs is 1. The lowest BCUT2D eigenvalue weighted by molar-refractivity contribution is -0.198. The Labute approximate surface area is 158 Å². The van der Waals surface area contributed by atoms with E-state index in [9.17, 15) is 9.59 Å². The van der Waals surface area contributed by atoms with Crippen molar-refractivity contribution in [3.05, 3.63) is 35.9 Å². The van der Waals surface area contributed by atoms with Crippen molar-refractivity contribution >= 4 is 11.9 Å². The number of hydrogen-bond donors (Lipinski definition) is 0. The maximum atomic E-state index is 11.6. The summed E-state index contributed by atoms with van der Waals surface area (Å²) in [5.41, 5.74) is 1.03. The number of esters is 2. The molecule has 1 saturated carbocycles. The molecule has 148 valence electrons. The van der Waals surface area contributed by atoms with Gasteiger partial charge in [0.05, 0.1) is 12.7 Å². The number of carbonyl (C=O) groups is 2. The van der Waals surface area contributed by atoms with Gasteiger partial charge in [0.1, 0.15) is 18.3 Å². The lowest BCUT2D eigenvalue weighted by Gasteiger charge is -2.40. The van der Waals surface area contributed by atoms with E-state index in [-0.39, 0.29) is 6.10 Å². The molecule has 1 aromatic rings. The van der Waals surface area contributed by atoms with Crippen LogP contribution in [0.1, 0.15) is 39.7 Å². The SMILES string of the molecule is CC(=O)O[C@@H]1[C@H]2OC(C)(C)O[C@H]2[C@@H](OCc2ccccc2)C[C@H]1OC(C)=O. The number of benzene rings is 1. The van der Waals surface area contributed by atoms with Crippen LogP contribution in [-0.4, -0.2) is 48.2 Å². The lowest BCUT2D eigenvalue weighted by atomic mass is 9.86. The molecule has 2 fully saturated rings. The van der Waals surface area contributed by atoms with E-state index in [4.69, 9.17) is 23.7 Å². The van der Waals surface area contributed by atoms with Gasteiger partial charge < -0.3 is 23.7 Å². The first-order chi connectivity index (χ1) is 12.7. The van der Waals surface area contributed by atoms with Crippen LogP contribution in [0.25, 0.3) is 0 Å². The molecule has 0 bridgehead atoms. The summed E-state index contributed by atoms with van der Waals surface area (Å²) in [7, 11) is 0. The normalized spacial score (nSPS) is 31.8. The van der Waals surface area contributed by atoms with Gasteiger partial charge in [-0.1, -0.05) is 30.3 Å². The van der Waals surface area contributed by atoms with Gasteiger partial charge in [0.25, 0.3) is 0 Å². The minimum Gasteiger partial charge on any atom is -0.458 e. The van der Waals surface area contributed by atoms with Crippen LogP contribution >= 0.6 is 0 Å². The van der Waals surface area contributed by atoms with Crippen LogP contribution in [0.15, 0.2) is 30.3 Å². The quantitative estimate of drug-likeness (QED) is 0.728. The molecule has 7 heteroatoms. The molecule has 1 heterocycles. The molecular formula is C20H26O7. The third-order valence-corrected chi connectivity index (χ3v) is 4.61. The maximum Gasteiger partial charge on any atom is 0.303 e. The Balaban J connectivity index is 1.81. The van der Waals surface area contributed by atoms with E-state index < -0.39 is 42.1 Å². The first-order valence-corrected chi connectivity index (χ1v) is 9.11. The van der Waals surface area contributed by atoms with Crippen LogP contribution in [0.3, 0.4) is 0 Å². The van der Waals surface area contributed by atoms with Crippen molar-refractivity contribution < 1.29 is 33.3 Å². The smallest absolute Gasteiger partial charge is 0.303 e. The topological polar surface area (TPSA) is 80.3 Å². The molecule has 2 aliphatic rings. The summed E-state index contributed by atoms with van der Waals surface area (Å²) in [6.07, 6.45) is -2.43. The van der Waals surface area contributed by atoms with Gasteiger partial charge in [0, 0.05) is 20.3 Å². The predicted octanol–water partition coefficient (Wildman–Crippen LogP) is 2.36. The molecule has 1 saturated heterocycles. The van der Waals surface area contributed by atoms with Crippen LogP contribution in [0.2, 0.25) is 0 Å². The lowest BCUT2D eigenvalue weighted by Crippen LogP contribution is -2.57. The molecular weight excluding hydrogens is 352 g/mol. The number of ether oxygens (including phenoxy) is 5. The summed E-state index contributed by atoms with van der Waals surface area (Å²) in [6, 6.07) is 9.78. The van der Waals surface area contributed by atoms with Crippen molar-refractivity contribution in [1.29, 1.82) is 0 Å². The van der Waals surface area contributed by atoms with Crippen molar-refractivity contribution in [3.8, 4) is 0 Å². The summed E-state index contributed by atoms with van der Waals surface area (Å²) in [6.45, 7) is 6.63. The zero-order valence-corrected chi connectivity index (χ0v) is 16.0. The molecule has 0 amide bonds. The molecule has 7 nitrogen and oxygen atoms in total. The standard InChI is InChI=1S/C20H26O7/c1-12(21)24-16-10-15(23-11-14-8-6-5-7-9-14)18-19(17(16)25-13(2)22)27-20(3,4)26-18/h5-9,15-19H,10-11H2,1-4H3/t15-,16+,17-,18-,19+/m0/s1. The van der Waals surface area contributed by atoms with Gasteiger partial charge in [-0.25, -0.2) is 0 Å². The Kier molecular flexibility index (Phi) is 5.83. The van der Waals surface area contributed by atoms with Crippen molar-refractivity contribution in [2.45, 2.75) is 77.0 Å². The van der Waals surface area contributed by atoms with Gasteiger partial charge in [-0.05, 0) is 19.4 Å². The molecule has 1 aliphatic heterocycles. The largest absolute Gasteiger partial charge is 0.458 e. The fourth-order valence-electron chi connectivity index (χ4n) is 3.67. The van der Waals surface area contributed by atoms with Gasteiger partial charge >= 0.3 is 11.9 Å². The Bertz CT molecular complexity index is 672. The Morgan fingerprint density at radius 3 is 2.26 bits per heavy atom. The van der Waals surface area contributed by atoms with Crippen LogP contribution in [0.5, 0.6) is 0 Å². The molecule has 0 N–H and O–H groups in total. The molecule has 1 aliphatic carbocycles. The van der Waals surface area contributed by atoms with E-state index in [1.165, 1.54) is 13.8 Å². The average Bonchev–Trinajstić information content (AvgIpc) is 2.91. The van der Waals surface area contributed by atoms with E-state index in [1.807, 2.05) is 30.3 Å². The molecule has 1 aromatic carbocycles. The number of hydrogen-bond acceptors (Lipinski definition) is 7. The van der Waals surface area contributed by atoms with Gasteiger partial charge in [0.2, 0.25) is 0 Å². The second-order valence-electron chi connectivity index (χ2n) is 7.36. The van der Waals surface area contributed by atoms with Gasteiger partial charge in [-0.3, -0.25) is 9.59 Å². The van der Waals surface area contributed by atoms with E-state index in [0.717, 1.165) is 5.56 Å². The van der Waals surface area contributed by atoms with Gasteiger partial charge in [-0.2, -0.15) is 0 Å². The maximum absolute atomic E-state index is 11.6.